The Labute approximate surface area is 245 Å². The smallest absolute Gasteiger partial charge is 0.272 e. The summed E-state index contributed by atoms with van der Waals surface area (Å²) in [5.74, 6) is 0.144. The standard InChI is InChI=1S/C29H36Cl2N6O3/c1-35(2)14-6-11-27(38)32-22-8-4-7-21(17-22)28(39)34-24-19-26(36(3)20-24)29(40)33-23-9-5-10-25(18-23)37(15-12-30)16-13-31/h4-5,7-10,17-20H,6,11-16H2,1-3H3,(H,32,38)(H,33,40)(H,34,39). The lowest BCUT2D eigenvalue weighted by molar-refractivity contribution is -0.116. The summed E-state index contributed by atoms with van der Waals surface area (Å²) in [6.07, 6.45) is 2.81. The number of nitrogens with one attached hydrogen (secondary N) is 3. The lowest BCUT2D eigenvalue weighted by Crippen LogP contribution is -2.27. The number of carbonyl (C=O) groups excluding carboxylic acids is 3. The van der Waals surface area contributed by atoms with Crippen LogP contribution in [0, 0.1) is 0 Å². The highest BCUT2D eigenvalue weighted by atomic mass is 35.5. The highest BCUT2D eigenvalue weighted by molar-refractivity contribution is 6.18. The van der Waals surface area contributed by atoms with E-state index in [1.807, 2.05) is 37.2 Å². The highest BCUT2D eigenvalue weighted by Crippen LogP contribution is 2.22. The van der Waals surface area contributed by atoms with E-state index in [2.05, 4.69) is 20.9 Å². The predicted molar refractivity (Wildman–Crippen MR) is 164 cm³/mol. The van der Waals surface area contributed by atoms with Crippen molar-refractivity contribution < 1.29 is 14.4 Å². The Balaban J connectivity index is 1.63. The second-order valence-electron chi connectivity index (χ2n) is 9.58. The van der Waals surface area contributed by atoms with Crippen LogP contribution >= 0.6 is 23.2 Å². The number of halogens is 2. The van der Waals surface area contributed by atoms with Crippen molar-refractivity contribution >= 4 is 63.7 Å². The lowest BCUT2D eigenvalue weighted by Gasteiger charge is -2.23. The molecule has 0 saturated carbocycles. The van der Waals surface area contributed by atoms with E-state index in [9.17, 15) is 14.4 Å². The largest absolute Gasteiger partial charge is 0.369 e. The number of hydrogen-bond donors (Lipinski definition) is 3. The van der Waals surface area contributed by atoms with Gasteiger partial charge < -0.3 is 30.3 Å². The number of aryl methyl sites for hydroxylation is 1. The van der Waals surface area contributed by atoms with Crippen LogP contribution in [0.4, 0.5) is 22.7 Å². The summed E-state index contributed by atoms with van der Waals surface area (Å²) < 4.78 is 1.65. The predicted octanol–water partition coefficient (Wildman–Crippen LogP) is 5.09. The second kappa shape index (κ2) is 15.3. The number of nitrogens with zero attached hydrogens (tertiary/aromatic N) is 3. The average molecular weight is 588 g/mol. The van der Waals surface area contributed by atoms with E-state index in [-0.39, 0.29) is 17.7 Å². The molecule has 0 radical (unpaired) electrons. The molecule has 40 heavy (non-hydrogen) atoms. The quantitative estimate of drug-likeness (QED) is 0.228. The third kappa shape index (κ3) is 9.29. The van der Waals surface area contributed by atoms with Crippen molar-refractivity contribution in [3.8, 4) is 0 Å². The molecule has 1 heterocycles. The van der Waals surface area contributed by atoms with Gasteiger partial charge in [-0.15, -0.1) is 23.2 Å². The summed E-state index contributed by atoms with van der Waals surface area (Å²) >= 11 is 11.9. The zero-order valence-electron chi connectivity index (χ0n) is 23.0. The molecule has 0 saturated heterocycles. The minimum atomic E-state index is -0.354. The SMILES string of the molecule is CN(C)CCCC(=O)Nc1cccc(C(=O)Nc2cc(C(=O)Nc3cccc(N(CCCl)CCCl)c3)n(C)c2)c1. The van der Waals surface area contributed by atoms with Gasteiger partial charge in [0, 0.05) is 67.1 Å². The number of anilines is 4. The fraction of sp³-hybridized carbons (Fsp3) is 0.345. The molecular formula is C29H36Cl2N6O3. The molecule has 0 aliphatic heterocycles. The Hall–Kier alpha value is -3.53. The maximum absolute atomic E-state index is 13.1. The third-order valence-electron chi connectivity index (χ3n) is 6.09. The maximum Gasteiger partial charge on any atom is 0.272 e. The Kier molecular flexibility index (Phi) is 11.9. The van der Waals surface area contributed by atoms with E-state index < -0.39 is 0 Å². The molecule has 3 amide bonds. The van der Waals surface area contributed by atoms with Gasteiger partial charge in [0.25, 0.3) is 11.8 Å². The van der Waals surface area contributed by atoms with E-state index in [1.165, 1.54) is 0 Å². The van der Waals surface area contributed by atoms with E-state index >= 15 is 0 Å². The fourth-order valence-corrected chi connectivity index (χ4v) is 4.54. The minimum Gasteiger partial charge on any atom is -0.369 e. The van der Waals surface area contributed by atoms with Gasteiger partial charge in [-0.3, -0.25) is 14.4 Å². The monoisotopic (exact) mass is 586 g/mol. The van der Waals surface area contributed by atoms with E-state index in [0.29, 0.717) is 59.6 Å². The number of rotatable bonds is 14. The maximum atomic E-state index is 13.1. The molecule has 0 atom stereocenters. The van der Waals surface area contributed by atoms with Crippen molar-refractivity contribution in [1.82, 2.24) is 9.47 Å². The van der Waals surface area contributed by atoms with Gasteiger partial charge in [-0.25, -0.2) is 0 Å². The Bertz CT molecular complexity index is 1300. The Morgan fingerprint density at radius 1 is 0.800 bits per heavy atom. The van der Waals surface area contributed by atoms with Crippen LogP contribution in [-0.2, 0) is 11.8 Å². The van der Waals surface area contributed by atoms with E-state index in [0.717, 1.165) is 18.7 Å². The Morgan fingerprint density at radius 2 is 1.45 bits per heavy atom. The summed E-state index contributed by atoms with van der Waals surface area (Å²) in [7, 11) is 5.65. The van der Waals surface area contributed by atoms with Crippen LogP contribution in [0.1, 0.15) is 33.7 Å². The molecule has 9 nitrogen and oxygen atoms in total. The number of carbonyl (C=O) groups is 3. The zero-order chi connectivity index (χ0) is 29.1. The van der Waals surface area contributed by atoms with Crippen LogP contribution in [-0.4, -0.2) is 72.7 Å². The number of alkyl halides is 2. The van der Waals surface area contributed by atoms with E-state index in [1.54, 1.807) is 54.2 Å². The van der Waals surface area contributed by atoms with Gasteiger partial charge in [0.05, 0.1) is 5.69 Å². The van der Waals surface area contributed by atoms with Crippen LogP contribution < -0.4 is 20.9 Å². The molecule has 11 heteroatoms. The number of amides is 3. The van der Waals surface area contributed by atoms with Crippen molar-refractivity contribution in [2.45, 2.75) is 12.8 Å². The molecule has 0 aliphatic carbocycles. The molecule has 1 aromatic heterocycles. The number of aromatic nitrogens is 1. The molecule has 2 aromatic carbocycles. The average Bonchev–Trinajstić information content (AvgIpc) is 3.28. The van der Waals surface area contributed by atoms with Gasteiger partial charge in [-0.2, -0.15) is 0 Å². The van der Waals surface area contributed by atoms with Gasteiger partial charge in [0.15, 0.2) is 0 Å². The zero-order valence-corrected chi connectivity index (χ0v) is 24.6. The first kappa shape index (κ1) is 31.0. The topological polar surface area (TPSA) is 98.7 Å². The molecule has 3 rings (SSSR count). The first-order valence-corrected chi connectivity index (χ1v) is 14.1. The molecular weight excluding hydrogens is 551 g/mol. The Morgan fingerprint density at radius 3 is 2.12 bits per heavy atom. The summed E-state index contributed by atoms with van der Waals surface area (Å²) in [5.41, 5.74) is 3.32. The minimum absolute atomic E-state index is 0.102. The normalized spacial score (nSPS) is 10.8. The molecule has 3 aromatic rings. The van der Waals surface area contributed by atoms with Crippen LogP contribution in [0.3, 0.4) is 0 Å². The number of hydrogen-bond acceptors (Lipinski definition) is 5. The first-order chi connectivity index (χ1) is 19.2. The van der Waals surface area contributed by atoms with Crippen LogP contribution in [0.5, 0.6) is 0 Å². The van der Waals surface area contributed by atoms with Crippen molar-refractivity contribution in [1.29, 1.82) is 0 Å². The molecule has 0 aliphatic rings. The first-order valence-electron chi connectivity index (χ1n) is 13.0. The van der Waals surface area contributed by atoms with Crippen LogP contribution in [0.2, 0.25) is 0 Å². The van der Waals surface area contributed by atoms with Gasteiger partial charge >= 0.3 is 0 Å². The van der Waals surface area contributed by atoms with Crippen LogP contribution in [0.15, 0.2) is 60.8 Å². The van der Waals surface area contributed by atoms with E-state index in [4.69, 9.17) is 23.2 Å². The molecule has 214 valence electrons. The van der Waals surface area contributed by atoms with Gasteiger partial charge in [0.1, 0.15) is 5.69 Å². The van der Waals surface area contributed by atoms with Crippen molar-refractivity contribution in [2.24, 2.45) is 7.05 Å². The molecule has 0 fully saturated rings. The summed E-state index contributed by atoms with van der Waals surface area (Å²) in [6, 6.07) is 15.8. The third-order valence-corrected chi connectivity index (χ3v) is 6.43. The molecule has 0 spiro atoms. The summed E-state index contributed by atoms with van der Waals surface area (Å²) in [6.45, 7) is 2.10. The van der Waals surface area contributed by atoms with Crippen molar-refractivity contribution in [3.05, 3.63) is 72.1 Å². The summed E-state index contributed by atoms with van der Waals surface area (Å²) in [5, 5.41) is 8.58. The van der Waals surface area contributed by atoms with Crippen LogP contribution in [0.25, 0.3) is 0 Å². The molecule has 0 unspecified atom stereocenters. The van der Waals surface area contributed by atoms with Gasteiger partial charge in [0.2, 0.25) is 5.91 Å². The molecule has 3 N–H and O–H groups in total. The second-order valence-corrected chi connectivity index (χ2v) is 10.3. The lowest BCUT2D eigenvalue weighted by atomic mass is 10.1. The molecule has 0 bridgehead atoms. The summed E-state index contributed by atoms with van der Waals surface area (Å²) in [4.78, 5) is 42.3. The van der Waals surface area contributed by atoms with Gasteiger partial charge in [-0.05, 0) is 69.5 Å². The van der Waals surface area contributed by atoms with Gasteiger partial charge in [-0.1, -0.05) is 12.1 Å². The van der Waals surface area contributed by atoms with Crippen molar-refractivity contribution in [2.75, 3.05) is 66.3 Å². The van der Waals surface area contributed by atoms with Crippen molar-refractivity contribution in [3.63, 3.8) is 0 Å². The fourth-order valence-electron chi connectivity index (χ4n) is 4.13. The number of benzene rings is 2. The highest BCUT2D eigenvalue weighted by Gasteiger charge is 2.16.